The van der Waals surface area contributed by atoms with Gasteiger partial charge in [0.2, 0.25) is 0 Å². The third kappa shape index (κ3) is 2.70. The van der Waals surface area contributed by atoms with Gasteiger partial charge in [-0.2, -0.15) is 5.10 Å². The van der Waals surface area contributed by atoms with Gasteiger partial charge < -0.3 is 0 Å². The van der Waals surface area contributed by atoms with Crippen molar-refractivity contribution in [2.45, 2.75) is 0 Å². The third-order valence-corrected chi connectivity index (χ3v) is 4.48. The van der Waals surface area contributed by atoms with E-state index in [1.807, 2.05) is 30.3 Å². The number of aromatic nitrogens is 2. The first-order valence-corrected chi connectivity index (χ1v) is 7.91. The van der Waals surface area contributed by atoms with Crippen LogP contribution >= 0.6 is 39.1 Å². The fourth-order valence-corrected chi connectivity index (χ4v) is 3.20. The van der Waals surface area contributed by atoms with Crippen molar-refractivity contribution in [3.63, 3.8) is 0 Å². The summed E-state index contributed by atoms with van der Waals surface area (Å²) in [6, 6.07) is 14.6. The van der Waals surface area contributed by atoms with Crippen molar-refractivity contribution in [2.75, 3.05) is 0 Å². The summed E-state index contributed by atoms with van der Waals surface area (Å²) in [6.45, 7) is 0. The molecule has 3 aromatic rings. The van der Waals surface area contributed by atoms with E-state index in [-0.39, 0.29) is 0 Å². The standard InChI is InChI=1S/C16H9BrCl2N2O/c17-16-13(9-22)15(12-7-6-10(18)8-14(12)19)20-21(16)11-4-2-1-3-5-11/h1-9H. The van der Waals surface area contributed by atoms with Crippen LogP contribution in [0.25, 0.3) is 16.9 Å². The highest BCUT2D eigenvalue weighted by Gasteiger charge is 2.19. The van der Waals surface area contributed by atoms with Crippen molar-refractivity contribution in [1.29, 1.82) is 0 Å². The van der Waals surface area contributed by atoms with Gasteiger partial charge >= 0.3 is 0 Å². The molecular weight excluding hydrogens is 387 g/mol. The maximum atomic E-state index is 11.5. The van der Waals surface area contributed by atoms with Gasteiger partial charge in [0.1, 0.15) is 10.3 Å². The van der Waals surface area contributed by atoms with Crippen LogP contribution in [0, 0.1) is 0 Å². The van der Waals surface area contributed by atoms with E-state index in [1.54, 1.807) is 22.9 Å². The van der Waals surface area contributed by atoms with E-state index in [0.29, 0.717) is 31.5 Å². The number of benzene rings is 2. The maximum Gasteiger partial charge on any atom is 0.155 e. The molecule has 22 heavy (non-hydrogen) atoms. The van der Waals surface area contributed by atoms with Gasteiger partial charge in [-0.05, 0) is 46.3 Å². The second kappa shape index (κ2) is 6.24. The lowest BCUT2D eigenvalue weighted by Gasteiger charge is -2.03. The van der Waals surface area contributed by atoms with Crippen molar-refractivity contribution in [3.05, 3.63) is 68.7 Å². The first-order valence-electron chi connectivity index (χ1n) is 6.36. The number of rotatable bonds is 3. The Morgan fingerprint density at radius 3 is 2.45 bits per heavy atom. The van der Waals surface area contributed by atoms with E-state index >= 15 is 0 Å². The largest absolute Gasteiger partial charge is 0.298 e. The van der Waals surface area contributed by atoms with E-state index in [1.165, 1.54) is 0 Å². The summed E-state index contributed by atoms with van der Waals surface area (Å²) in [4.78, 5) is 11.5. The van der Waals surface area contributed by atoms with E-state index < -0.39 is 0 Å². The molecule has 0 aliphatic carbocycles. The molecule has 2 aromatic carbocycles. The molecule has 0 aliphatic heterocycles. The quantitative estimate of drug-likeness (QED) is 0.555. The predicted molar refractivity (Wildman–Crippen MR) is 92.1 cm³/mol. The molecule has 0 spiro atoms. The van der Waals surface area contributed by atoms with Crippen LogP contribution in [0.15, 0.2) is 53.1 Å². The Bertz CT molecular complexity index is 847. The van der Waals surface area contributed by atoms with E-state index in [9.17, 15) is 4.79 Å². The van der Waals surface area contributed by atoms with Crippen LogP contribution in [0.2, 0.25) is 10.0 Å². The number of carbonyl (C=O) groups excluding carboxylic acids is 1. The zero-order valence-electron chi connectivity index (χ0n) is 11.1. The molecule has 1 aromatic heterocycles. The monoisotopic (exact) mass is 394 g/mol. The van der Waals surface area contributed by atoms with Crippen LogP contribution in [0.4, 0.5) is 0 Å². The Morgan fingerprint density at radius 1 is 1.09 bits per heavy atom. The first-order chi connectivity index (χ1) is 10.6. The summed E-state index contributed by atoms with van der Waals surface area (Å²) in [7, 11) is 0. The second-order valence-electron chi connectivity index (χ2n) is 4.54. The number of carbonyl (C=O) groups is 1. The van der Waals surface area contributed by atoms with Gasteiger partial charge in [-0.15, -0.1) is 0 Å². The highest BCUT2D eigenvalue weighted by molar-refractivity contribution is 9.10. The topological polar surface area (TPSA) is 34.9 Å². The summed E-state index contributed by atoms with van der Waals surface area (Å²) < 4.78 is 2.24. The van der Waals surface area contributed by atoms with Crippen molar-refractivity contribution < 1.29 is 4.79 Å². The molecule has 0 saturated heterocycles. The molecule has 1 heterocycles. The molecule has 0 atom stereocenters. The lowest BCUT2D eigenvalue weighted by molar-refractivity contribution is 0.112. The Balaban J connectivity index is 2.23. The molecule has 0 radical (unpaired) electrons. The van der Waals surface area contributed by atoms with E-state index in [4.69, 9.17) is 23.2 Å². The van der Waals surface area contributed by atoms with Gasteiger partial charge in [0, 0.05) is 10.6 Å². The minimum atomic E-state index is 0.438. The fraction of sp³-hybridized carbons (Fsp3) is 0. The first kappa shape index (κ1) is 15.3. The van der Waals surface area contributed by atoms with Gasteiger partial charge in [-0.1, -0.05) is 41.4 Å². The van der Waals surface area contributed by atoms with Gasteiger partial charge in [0.05, 0.1) is 16.3 Å². The average Bonchev–Trinajstić information content (AvgIpc) is 2.84. The summed E-state index contributed by atoms with van der Waals surface area (Å²) in [6.07, 6.45) is 0.761. The Morgan fingerprint density at radius 2 is 1.82 bits per heavy atom. The van der Waals surface area contributed by atoms with Gasteiger partial charge in [-0.25, -0.2) is 4.68 Å². The summed E-state index contributed by atoms with van der Waals surface area (Å²) in [5, 5.41) is 5.50. The molecule has 3 nitrogen and oxygen atoms in total. The van der Waals surface area contributed by atoms with Gasteiger partial charge in [-0.3, -0.25) is 4.79 Å². The predicted octanol–water partition coefficient (Wildman–Crippen LogP) is 5.42. The molecule has 0 unspecified atom stereocenters. The van der Waals surface area contributed by atoms with Crippen LogP contribution < -0.4 is 0 Å². The molecule has 0 fully saturated rings. The highest BCUT2D eigenvalue weighted by atomic mass is 79.9. The number of halogens is 3. The Hall–Kier alpha value is -1.62. The molecule has 0 amide bonds. The summed E-state index contributed by atoms with van der Waals surface area (Å²) in [5.41, 5.74) is 2.44. The fourth-order valence-electron chi connectivity index (χ4n) is 2.13. The number of hydrogen-bond donors (Lipinski definition) is 0. The van der Waals surface area contributed by atoms with Crippen molar-refractivity contribution in [2.24, 2.45) is 0 Å². The number of hydrogen-bond acceptors (Lipinski definition) is 2. The van der Waals surface area contributed by atoms with Crippen LogP contribution in [0.1, 0.15) is 10.4 Å². The number of para-hydroxylation sites is 1. The van der Waals surface area contributed by atoms with Crippen LogP contribution in [-0.2, 0) is 0 Å². The molecule has 3 rings (SSSR count). The van der Waals surface area contributed by atoms with Crippen molar-refractivity contribution >= 4 is 45.4 Å². The molecule has 0 N–H and O–H groups in total. The Kier molecular flexibility index (Phi) is 4.34. The maximum absolute atomic E-state index is 11.5. The number of aldehydes is 1. The number of nitrogens with zero attached hydrogens (tertiary/aromatic N) is 2. The minimum Gasteiger partial charge on any atom is -0.298 e. The molecule has 0 bridgehead atoms. The van der Waals surface area contributed by atoms with Crippen molar-refractivity contribution in [3.8, 4) is 16.9 Å². The zero-order chi connectivity index (χ0) is 15.7. The molecule has 6 heteroatoms. The molecule has 0 saturated carbocycles. The van der Waals surface area contributed by atoms with Gasteiger partial charge in [0.25, 0.3) is 0 Å². The summed E-state index contributed by atoms with van der Waals surface area (Å²) in [5.74, 6) is 0. The van der Waals surface area contributed by atoms with Crippen LogP contribution in [-0.4, -0.2) is 16.1 Å². The summed E-state index contributed by atoms with van der Waals surface area (Å²) >= 11 is 15.6. The lowest BCUT2D eigenvalue weighted by atomic mass is 10.1. The second-order valence-corrected chi connectivity index (χ2v) is 6.14. The van der Waals surface area contributed by atoms with Gasteiger partial charge in [0.15, 0.2) is 6.29 Å². The molecular formula is C16H9BrCl2N2O. The SMILES string of the molecule is O=Cc1c(-c2ccc(Cl)cc2Cl)nn(-c2ccccc2)c1Br. The molecule has 0 aliphatic rings. The lowest BCUT2D eigenvalue weighted by Crippen LogP contribution is -1.96. The van der Waals surface area contributed by atoms with E-state index in [0.717, 1.165) is 12.0 Å². The van der Waals surface area contributed by atoms with Crippen molar-refractivity contribution in [1.82, 2.24) is 9.78 Å². The zero-order valence-corrected chi connectivity index (χ0v) is 14.2. The molecule has 110 valence electrons. The van der Waals surface area contributed by atoms with E-state index in [2.05, 4.69) is 21.0 Å². The smallest absolute Gasteiger partial charge is 0.155 e. The third-order valence-electron chi connectivity index (χ3n) is 3.17. The Labute approximate surface area is 145 Å². The normalized spacial score (nSPS) is 10.7. The average molecular weight is 396 g/mol. The van der Waals surface area contributed by atoms with Crippen LogP contribution in [0.3, 0.4) is 0 Å². The van der Waals surface area contributed by atoms with Crippen LogP contribution in [0.5, 0.6) is 0 Å². The minimum absolute atomic E-state index is 0.438. The highest BCUT2D eigenvalue weighted by Crippen LogP contribution is 2.35.